The first-order chi connectivity index (χ1) is 6.84. The van der Waals surface area contributed by atoms with E-state index >= 15 is 0 Å². The van der Waals surface area contributed by atoms with Crippen LogP contribution in [-0.2, 0) is 0 Å². The van der Waals surface area contributed by atoms with Gasteiger partial charge in [0.1, 0.15) is 5.71 Å². The van der Waals surface area contributed by atoms with E-state index in [1.165, 1.54) is 0 Å². The summed E-state index contributed by atoms with van der Waals surface area (Å²) in [6, 6.07) is 7.39. The fourth-order valence-electron chi connectivity index (χ4n) is 1.72. The number of aliphatic imine (C=N–C) groups is 2. The third-order valence-electron chi connectivity index (χ3n) is 2.34. The summed E-state index contributed by atoms with van der Waals surface area (Å²) in [6.07, 6.45) is 0. The Bertz CT molecular complexity index is 488. The second kappa shape index (κ2) is 2.51. The second-order valence-electron chi connectivity index (χ2n) is 3.20. The lowest BCUT2D eigenvalue weighted by Gasteiger charge is -2.18. The molecule has 0 fully saturated rings. The van der Waals surface area contributed by atoms with Gasteiger partial charge in [-0.15, -0.1) is 0 Å². The molecule has 2 aliphatic heterocycles. The zero-order chi connectivity index (χ0) is 9.54. The van der Waals surface area contributed by atoms with Crippen molar-refractivity contribution in [3.05, 3.63) is 29.8 Å². The Morgan fingerprint density at radius 3 is 3.00 bits per heavy atom. The summed E-state index contributed by atoms with van der Waals surface area (Å²) in [6.45, 7) is 0.585. The number of anilines is 1. The first-order valence-corrected chi connectivity index (χ1v) is 4.38. The van der Waals surface area contributed by atoms with E-state index in [2.05, 4.69) is 15.3 Å². The molecule has 2 heterocycles. The van der Waals surface area contributed by atoms with Crippen LogP contribution in [0.25, 0.3) is 0 Å². The van der Waals surface area contributed by atoms with Crippen molar-refractivity contribution < 1.29 is 4.79 Å². The highest BCUT2D eigenvalue weighted by molar-refractivity contribution is 6.55. The van der Waals surface area contributed by atoms with Crippen LogP contribution in [0.4, 0.5) is 10.5 Å². The summed E-state index contributed by atoms with van der Waals surface area (Å²) >= 11 is 0. The van der Waals surface area contributed by atoms with Gasteiger partial charge in [0.25, 0.3) is 0 Å². The summed E-state index contributed by atoms with van der Waals surface area (Å²) in [7, 11) is 0. The van der Waals surface area contributed by atoms with Crippen LogP contribution in [0, 0.1) is 0 Å². The maximum absolute atomic E-state index is 11.0. The molecular formula is C10H7N3O. The maximum Gasteiger partial charge on any atom is 0.368 e. The van der Waals surface area contributed by atoms with Crippen LogP contribution in [0.15, 0.2) is 34.3 Å². The van der Waals surface area contributed by atoms with Crippen LogP contribution in [0.1, 0.15) is 5.56 Å². The number of nitrogens with zero attached hydrogens (tertiary/aromatic N) is 2. The minimum atomic E-state index is -0.395. The predicted molar refractivity (Wildman–Crippen MR) is 54.3 cm³/mol. The fraction of sp³-hybridized carbons (Fsp3) is 0.100. The standard InChI is InChI=1S/C10H7N3O/c14-10-12-8-5-11-7-4-2-1-3-6(7)9(8)13-10/h1-4,11H,5H2. The van der Waals surface area contributed by atoms with Crippen molar-refractivity contribution >= 4 is 23.1 Å². The van der Waals surface area contributed by atoms with Gasteiger partial charge in [-0.05, 0) is 6.07 Å². The number of para-hydroxylation sites is 1. The zero-order valence-corrected chi connectivity index (χ0v) is 7.32. The topological polar surface area (TPSA) is 53.8 Å². The normalized spacial score (nSPS) is 17.9. The number of nitrogens with one attached hydrogen (secondary N) is 1. The molecule has 2 aliphatic rings. The molecule has 0 aromatic heterocycles. The van der Waals surface area contributed by atoms with Crippen molar-refractivity contribution in [2.45, 2.75) is 0 Å². The summed E-state index contributed by atoms with van der Waals surface area (Å²) < 4.78 is 0. The molecule has 4 heteroatoms. The number of amides is 2. The van der Waals surface area contributed by atoms with Crippen molar-refractivity contribution in [3.8, 4) is 0 Å². The molecule has 0 saturated heterocycles. The van der Waals surface area contributed by atoms with Gasteiger partial charge in [-0.2, -0.15) is 9.98 Å². The van der Waals surface area contributed by atoms with Crippen molar-refractivity contribution in [1.82, 2.24) is 0 Å². The maximum atomic E-state index is 11.0. The van der Waals surface area contributed by atoms with Crippen LogP contribution in [0.5, 0.6) is 0 Å². The Labute approximate surface area is 80.4 Å². The number of fused-ring (bicyclic) bond motifs is 3. The van der Waals surface area contributed by atoms with Crippen LogP contribution in [-0.4, -0.2) is 24.0 Å². The van der Waals surface area contributed by atoms with E-state index in [1.54, 1.807) is 0 Å². The van der Waals surface area contributed by atoms with Gasteiger partial charge in [-0.1, -0.05) is 18.2 Å². The summed E-state index contributed by atoms with van der Waals surface area (Å²) in [5, 5.41) is 3.19. The quantitative estimate of drug-likeness (QED) is 0.665. The smallest absolute Gasteiger partial charge is 0.368 e. The van der Waals surface area contributed by atoms with Gasteiger partial charge in [-0.25, -0.2) is 4.79 Å². The van der Waals surface area contributed by atoms with Gasteiger partial charge in [-0.3, -0.25) is 0 Å². The zero-order valence-electron chi connectivity index (χ0n) is 7.32. The van der Waals surface area contributed by atoms with Gasteiger partial charge in [0.05, 0.1) is 12.3 Å². The molecule has 1 N–H and O–H groups in total. The highest BCUT2D eigenvalue weighted by Crippen LogP contribution is 2.23. The molecule has 0 spiro atoms. The first kappa shape index (κ1) is 7.44. The van der Waals surface area contributed by atoms with E-state index in [0.717, 1.165) is 22.7 Å². The molecule has 1 aromatic rings. The van der Waals surface area contributed by atoms with Gasteiger partial charge >= 0.3 is 6.03 Å². The molecule has 0 saturated carbocycles. The summed E-state index contributed by atoms with van der Waals surface area (Å²) in [4.78, 5) is 18.7. The van der Waals surface area contributed by atoms with Crippen molar-refractivity contribution in [3.63, 3.8) is 0 Å². The lowest BCUT2D eigenvalue weighted by molar-refractivity contribution is 0.257. The van der Waals surface area contributed by atoms with Gasteiger partial charge in [0.15, 0.2) is 0 Å². The first-order valence-electron chi connectivity index (χ1n) is 4.38. The van der Waals surface area contributed by atoms with E-state index in [9.17, 15) is 4.79 Å². The number of benzene rings is 1. The molecule has 0 aliphatic carbocycles. The molecule has 68 valence electrons. The average Bonchev–Trinajstić information content (AvgIpc) is 2.59. The van der Waals surface area contributed by atoms with Gasteiger partial charge in [0.2, 0.25) is 0 Å². The number of rotatable bonds is 0. The Hall–Kier alpha value is -1.97. The number of hydrogen-bond acceptors (Lipinski definition) is 2. The SMILES string of the molecule is O=C1N=C2CNc3ccccc3C2=N1. The Kier molecular flexibility index (Phi) is 1.33. The molecule has 1 aromatic carbocycles. The number of hydrogen-bond donors (Lipinski definition) is 1. The molecule has 14 heavy (non-hydrogen) atoms. The molecule has 2 amide bonds. The molecule has 0 bridgehead atoms. The highest BCUT2D eigenvalue weighted by atomic mass is 16.2. The molecule has 0 unspecified atom stereocenters. The lowest BCUT2D eigenvalue weighted by Crippen LogP contribution is -2.28. The van der Waals surface area contributed by atoms with E-state index < -0.39 is 6.03 Å². The van der Waals surface area contributed by atoms with E-state index in [-0.39, 0.29) is 0 Å². The molecular weight excluding hydrogens is 178 g/mol. The highest BCUT2D eigenvalue weighted by Gasteiger charge is 2.26. The molecule has 0 radical (unpaired) electrons. The Balaban J connectivity index is 2.24. The molecule has 3 rings (SSSR count). The largest absolute Gasteiger partial charge is 0.379 e. The number of carbonyl (C=O) groups is 1. The number of urea groups is 1. The minimum Gasteiger partial charge on any atom is -0.379 e. The van der Waals surface area contributed by atoms with Crippen LogP contribution in [0.3, 0.4) is 0 Å². The van der Waals surface area contributed by atoms with Crippen LogP contribution >= 0.6 is 0 Å². The van der Waals surface area contributed by atoms with Crippen LogP contribution < -0.4 is 5.32 Å². The van der Waals surface area contributed by atoms with E-state index in [0.29, 0.717) is 6.54 Å². The van der Waals surface area contributed by atoms with E-state index in [1.807, 2.05) is 24.3 Å². The minimum absolute atomic E-state index is 0.395. The van der Waals surface area contributed by atoms with Crippen LogP contribution in [0.2, 0.25) is 0 Å². The lowest BCUT2D eigenvalue weighted by atomic mass is 10.0. The summed E-state index contributed by atoms with van der Waals surface area (Å²) in [5.41, 5.74) is 3.45. The van der Waals surface area contributed by atoms with Crippen molar-refractivity contribution in [1.29, 1.82) is 0 Å². The molecule has 4 nitrogen and oxygen atoms in total. The predicted octanol–water partition coefficient (Wildman–Crippen LogP) is 1.48. The number of carbonyl (C=O) groups excluding carboxylic acids is 1. The monoisotopic (exact) mass is 185 g/mol. The summed E-state index contributed by atoms with van der Waals surface area (Å²) in [5.74, 6) is 0. The van der Waals surface area contributed by atoms with E-state index in [4.69, 9.17) is 0 Å². The molecule has 0 atom stereocenters. The third-order valence-corrected chi connectivity index (χ3v) is 2.34. The van der Waals surface area contributed by atoms with Gasteiger partial charge in [0, 0.05) is 11.3 Å². The van der Waals surface area contributed by atoms with Crippen molar-refractivity contribution in [2.75, 3.05) is 11.9 Å². The fourth-order valence-corrected chi connectivity index (χ4v) is 1.72. The average molecular weight is 185 g/mol. The Morgan fingerprint density at radius 2 is 2.07 bits per heavy atom. The Morgan fingerprint density at radius 1 is 1.21 bits per heavy atom. The van der Waals surface area contributed by atoms with Gasteiger partial charge < -0.3 is 5.32 Å². The third kappa shape index (κ3) is 0.907. The van der Waals surface area contributed by atoms with Crippen molar-refractivity contribution in [2.24, 2.45) is 9.98 Å². The second-order valence-corrected chi connectivity index (χ2v) is 3.20.